The average Bonchev–Trinajstić information content (AvgIpc) is 2.96. The molecule has 6 heteroatoms. The van der Waals surface area contributed by atoms with Crippen LogP contribution in [0, 0.1) is 13.8 Å². The molecule has 2 aromatic heterocycles. The monoisotopic (exact) mass is 394 g/mol. The molecule has 0 saturated carbocycles. The summed E-state index contributed by atoms with van der Waals surface area (Å²) in [6.07, 6.45) is 5.64. The van der Waals surface area contributed by atoms with Gasteiger partial charge in [-0.1, -0.05) is 47.5 Å². The van der Waals surface area contributed by atoms with Crippen molar-refractivity contribution in [1.29, 1.82) is 0 Å². The molecule has 0 saturated heterocycles. The van der Waals surface area contributed by atoms with Crippen molar-refractivity contribution in [3.8, 4) is 0 Å². The van der Waals surface area contributed by atoms with Gasteiger partial charge >= 0.3 is 0 Å². The summed E-state index contributed by atoms with van der Waals surface area (Å²) in [7, 11) is 0. The van der Waals surface area contributed by atoms with Crippen molar-refractivity contribution in [3.05, 3.63) is 88.0 Å². The van der Waals surface area contributed by atoms with Crippen LogP contribution < -0.4 is 5.32 Å². The maximum atomic E-state index is 12.1. The molecule has 0 aliphatic rings. The Bertz CT molecular complexity index is 962. The third-order valence-corrected chi connectivity index (χ3v) is 4.77. The SMILES string of the molecule is Cc1ccc(Cn2nc(C)c(/C=C/C(=O)NCCc3ccccn3)c2Cl)cc1. The summed E-state index contributed by atoms with van der Waals surface area (Å²) in [6.45, 7) is 5.05. The Labute approximate surface area is 170 Å². The van der Waals surface area contributed by atoms with E-state index in [0.717, 1.165) is 22.5 Å². The Balaban J connectivity index is 1.59. The summed E-state index contributed by atoms with van der Waals surface area (Å²) >= 11 is 6.49. The van der Waals surface area contributed by atoms with Gasteiger partial charge in [-0.3, -0.25) is 9.78 Å². The summed E-state index contributed by atoms with van der Waals surface area (Å²) in [4.78, 5) is 16.3. The van der Waals surface area contributed by atoms with E-state index in [9.17, 15) is 4.79 Å². The van der Waals surface area contributed by atoms with Gasteiger partial charge in [0.2, 0.25) is 5.91 Å². The highest BCUT2D eigenvalue weighted by Gasteiger charge is 2.11. The molecule has 1 N–H and O–H groups in total. The Hall–Kier alpha value is -2.92. The van der Waals surface area contributed by atoms with Crippen LogP contribution in [0.2, 0.25) is 5.15 Å². The van der Waals surface area contributed by atoms with Crippen molar-refractivity contribution in [2.24, 2.45) is 0 Å². The molecular weight excluding hydrogens is 372 g/mol. The number of nitrogens with one attached hydrogen (secondary N) is 1. The number of carbonyl (C=O) groups excluding carboxylic acids is 1. The highest BCUT2D eigenvalue weighted by Crippen LogP contribution is 2.22. The molecule has 0 aliphatic carbocycles. The number of pyridine rings is 1. The van der Waals surface area contributed by atoms with Crippen molar-refractivity contribution in [2.45, 2.75) is 26.8 Å². The van der Waals surface area contributed by atoms with Crippen molar-refractivity contribution >= 4 is 23.6 Å². The molecule has 2 heterocycles. The molecule has 0 bridgehead atoms. The lowest BCUT2D eigenvalue weighted by Gasteiger charge is -2.04. The fourth-order valence-electron chi connectivity index (χ4n) is 2.81. The van der Waals surface area contributed by atoms with Gasteiger partial charge in [-0.2, -0.15) is 5.10 Å². The van der Waals surface area contributed by atoms with Gasteiger partial charge in [-0.15, -0.1) is 0 Å². The van der Waals surface area contributed by atoms with Crippen LogP contribution in [0.4, 0.5) is 0 Å². The summed E-state index contributed by atoms with van der Waals surface area (Å²) in [6, 6.07) is 14.0. The molecule has 3 aromatic rings. The maximum absolute atomic E-state index is 12.1. The van der Waals surface area contributed by atoms with E-state index in [4.69, 9.17) is 11.6 Å². The second-order valence-corrected chi connectivity index (χ2v) is 6.99. The van der Waals surface area contributed by atoms with E-state index < -0.39 is 0 Å². The summed E-state index contributed by atoms with van der Waals surface area (Å²) < 4.78 is 1.75. The average molecular weight is 395 g/mol. The van der Waals surface area contributed by atoms with Crippen LogP contribution in [0.15, 0.2) is 54.7 Å². The predicted octanol–water partition coefficient (Wildman–Crippen LogP) is 3.97. The van der Waals surface area contributed by atoms with Crippen LogP contribution in [0.5, 0.6) is 0 Å². The van der Waals surface area contributed by atoms with Crippen molar-refractivity contribution in [2.75, 3.05) is 6.54 Å². The molecule has 144 valence electrons. The molecule has 0 spiro atoms. The van der Waals surface area contributed by atoms with E-state index >= 15 is 0 Å². The van der Waals surface area contributed by atoms with Crippen LogP contribution in [0.1, 0.15) is 28.1 Å². The first-order valence-corrected chi connectivity index (χ1v) is 9.55. The van der Waals surface area contributed by atoms with Gasteiger partial charge in [-0.25, -0.2) is 4.68 Å². The van der Waals surface area contributed by atoms with Crippen LogP contribution in [0.25, 0.3) is 6.08 Å². The number of amides is 1. The molecule has 0 aliphatic heterocycles. The molecule has 1 amide bonds. The van der Waals surface area contributed by atoms with Crippen LogP contribution >= 0.6 is 11.6 Å². The van der Waals surface area contributed by atoms with Gasteiger partial charge in [-0.05, 0) is 37.6 Å². The fourth-order valence-corrected chi connectivity index (χ4v) is 3.10. The highest BCUT2D eigenvalue weighted by atomic mass is 35.5. The number of benzene rings is 1. The normalized spacial score (nSPS) is 11.1. The molecule has 3 rings (SSSR count). The number of hydrogen-bond donors (Lipinski definition) is 1. The minimum absolute atomic E-state index is 0.169. The van der Waals surface area contributed by atoms with E-state index in [0.29, 0.717) is 24.7 Å². The van der Waals surface area contributed by atoms with Crippen LogP contribution in [-0.4, -0.2) is 27.2 Å². The number of halogens is 1. The fraction of sp³-hybridized carbons (Fsp3) is 0.227. The lowest BCUT2D eigenvalue weighted by molar-refractivity contribution is -0.116. The highest BCUT2D eigenvalue weighted by molar-refractivity contribution is 6.31. The minimum atomic E-state index is -0.169. The first-order chi connectivity index (χ1) is 13.5. The molecule has 28 heavy (non-hydrogen) atoms. The van der Waals surface area contributed by atoms with Gasteiger partial charge in [0.05, 0.1) is 12.2 Å². The number of aryl methyl sites for hydroxylation is 2. The summed E-state index contributed by atoms with van der Waals surface area (Å²) in [5, 5.41) is 7.88. The lowest BCUT2D eigenvalue weighted by atomic mass is 10.1. The topological polar surface area (TPSA) is 59.8 Å². The van der Waals surface area contributed by atoms with E-state index in [1.807, 2.05) is 25.1 Å². The zero-order valence-electron chi connectivity index (χ0n) is 16.0. The Morgan fingerprint density at radius 1 is 1.18 bits per heavy atom. The number of rotatable bonds is 7. The van der Waals surface area contributed by atoms with Gasteiger partial charge < -0.3 is 5.32 Å². The van der Waals surface area contributed by atoms with Gasteiger partial charge in [0.25, 0.3) is 0 Å². The van der Waals surface area contributed by atoms with E-state index in [2.05, 4.69) is 46.6 Å². The third kappa shape index (κ3) is 5.30. The van der Waals surface area contributed by atoms with E-state index in [-0.39, 0.29) is 5.91 Å². The van der Waals surface area contributed by atoms with Crippen LogP contribution in [-0.2, 0) is 17.8 Å². The molecule has 0 radical (unpaired) electrons. The molecule has 5 nitrogen and oxygen atoms in total. The second-order valence-electron chi connectivity index (χ2n) is 6.63. The first-order valence-electron chi connectivity index (χ1n) is 9.17. The van der Waals surface area contributed by atoms with Crippen molar-refractivity contribution < 1.29 is 4.79 Å². The third-order valence-electron chi connectivity index (χ3n) is 4.37. The Morgan fingerprint density at radius 2 is 1.96 bits per heavy atom. The molecule has 0 atom stereocenters. The predicted molar refractivity (Wildman–Crippen MR) is 112 cm³/mol. The summed E-state index contributed by atoms with van der Waals surface area (Å²) in [5.41, 5.74) is 4.83. The standard InChI is InChI=1S/C22H23ClN4O/c1-16-6-8-18(9-7-16)15-27-22(23)20(17(2)26-27)10-11-21(28)25-14-12-19-5-3-4-13-24-19/h3-11,13H,12,14-15H2,1-2H3,(H,25,28)/b11-10+. The molecule has 1 aromatic carbocycles. The van der Waals surface area contributed by atoms with Crippen LogP contribution in [0.3, 0.4) is 0 Å². The number of hydrogen-bond acceptors (Lipinski definition) is 3. The number of carbonyl (C=O) groups is 1. The van der Waals surface area contributed by atoms with E-state index in [1.165, 1.54) is 11.6 Å². The Morgan fingerprint density at radius 3 is 2.68 bits per heavy atom. The number of aromatic nitrogens is 3. The largest absolute Gasteiger partial charge is 0.352 e. The quantitative estimate of drug-likeness (QED) is 0.617. The Kier molecular flexibility index (Phi) is 6.61. The van der Waals surface area contributed by atoms with Gasteiger partial charge in [0.1, 0.15) is 5.15 Å². The second kappa shape index (κ2) is 9.33. The lowest BCUT2D eigenvalue weighted by Crippen LogP contribution is -2.23. The first kappa shape index (κ1) is 19.8. The molecule has 0 unspecified atom stereocenters. The smallest absolute Gasteiger partial charge is 0.244 e. The maximum Gasteiger partial charge on any atom is 0.244 e. The zero-order chi connectivity index (χ0) is 19.9. The zero-order valence-corrected chi connectivity index (χ0v) is 16.8. The van der Waals surface area contributed by atoms with Crippen molar-refractivity contribution in [3.63, 3.8) is 0 Å². The van der Waals surface area contributed by atoms with E-state index in [1.54, 1.807) is 17.0 Å². The van der Waals surface area contributed by atoms with Gasteiger partial charge in [0.15, 0.2) is 0 Å². The molecule has 0 fully saturated rings. The number of nitrogens with zero attached hydrogens (tertiary/aromatic N) is 3. The molecular formula is C22H23ClN4O. The minimum Gasteiger partial charge on any atom is -0.352 e. The van der Waals surface area contributed by atoms with Gasteiger partial charge in [0, 0.05) is 36.5 Å². The van der Waals surface area contributed by atoms with Crippen molar-refractivity contribution in [1.82, 2.24) is 20.1 Å². The summed E-state index contributed by atoms with van der Waals surface area (Å²) in [5.74, 6) is -0.169.